The molecule has 0 bridgehead atoms. The third-order valence-electron chi connectivity index (χ3n) is 6.68. The minimum Gasteiger partial charge on any atom is -0.412 e. The van der Waals surface area contributed by atoms with Crippen molar-refractivity contribution in [2.75, 3.05) is 38.3 Å². The zero-order valence-corrected chi connectivity index (χ0v) is 23.6. The Labute approximate surface area is 237 Å². The number of aromatic nitrogens is 2. The normalized spacial score (nSPS) is 15.0. The van der Waals surface area contributed by atoms with Crippen LogP contribution in [0.3, 0.4) is 0 Å². The van der Waals surface area contributed by atoms with Crippen molar-refractivity contribution in [2.45, 2.75) is 23.7 Å². The highest BCUT2D eigenvalue weighted by Crippen LogP contribution is 2.43. The Morgan fingerprint density at radius 1 is 1.10 bits per heavy atom. The van der Waals surface area contributed by atoms with Crippen LogP contribution in [0.4, 0.5) is 18.9 Å². The van der Waals surface area contributed by atoms with Crippen molar-refractivity contribution in [1.82, 2.24) is 14.9 Å². The van der Waals surface area contributed by atoms with Crippen molar-refractivity contribution in [3.05, 3.63) is 83.4 Å². The molecule has 12 heteroatoms. The van der Waals surface area contributed by atoms with Crippen molar-refractivity contribution in [2.24, 2.45) is 0 Å². The summed E-state index contributed by atoms with van der Waals surface area (Å²) in [4.78, 5) is 11.7. The molecule has 7 nitrogen and oxygen atoms in total. The minimum absolute atomic E-state index is 0. The minimum atomic E-state index is -2.29. The molecule has 1 aliphatic heterocycles. The summed E-state index contributed by atoms with van der Waals surface area (Å²) in [6, 6.07) is 11.1. The van der Waals surface area contributed by atoms with Gasteiger partial charge in [-0.05, 0) is 81.0 Å². The average Bonchev–Trinajstić information content (AvgIpc) is 3.39. The number of hydrogen-bond donors (Lipinski definition) is 0. The van der Waals surface area contributed by atoms with Crippen molar-refractivity contribution in [3.63, 3.8) is 0 Å². The van der Waals surface area contributed by atoms with Gasteiger partial charge >= 0.3 is 0 Å². The molecule has 3 heterocycles. The molecule has 0 saturated carbocycles. The van der Waals surface area contributed by atoms with E-state index in [9.17, 15) is 13.0 Å². The molecule has 40 heavy (non-hydrogen) atoms. The van der Waals surface area contributed by atoms with Crippen LogP contribution in [0.25, 0.3) is 21.7 Å². The Kier molecular flexibility index (Phi) is 9.69. The lowest BCUT2D eigenvalue weighted by atomic mass is 9.98. The lowest BCUT2D eigenvalue weighted by Crippen LogP contribution is -2.29. The summed E-state index contributed by atoms with van der Waals surface area (Å²) in [6.45, 7) is 1.60. The summed E-state index contributed by atoms with van der Waals surface area (Å²) < 4.78 is 64.3. The number of benzene rings is 2. The van der Waals surface area contributed by atoms with Crippen LogP contribution in [0.15, 0.2) is 65.8 Å². The smallest absolute Gasteiger partial charge is 0.158 e. The molecule has 1 fully saturated rings. The Morgan fingerprint density at radius 3 is 2.52 bits per heavy atom. The molecular weight excluding hydrogens is 561 g/mol. The number of thiazole rings is 1. The number of hydrogen-bond acceptors (Lipinski definition) is 6. The second-order valence-electron chi connectivity index (χ2n) is 9.30. The van der Waals surface area contributed by atoms with Crippen molar-refractivity contribution in [1.29, 1.82) is 0 Å². The maximum absolute atomic E-state index is 16.3. The van der Waals surface area contributed by atoms with Gasteiger partial charge in [0.15, 0.2) is 16.8 Å². The zero-order chi connectivity index (χ0) is 27.5. The van der Waals surface area contributed by atoms with Crippen molar-refractivity contribution in [3.8, 4) is 21.7 Å². The highest BCUT2D eigenvalue weighted by Gasteiger charge is 2.28. The number of pyridine rings is 1. The predicted molar refractivity (Wildman–Crippen MR) is 151 cm³/mol. The highest BCUT2D eigenvalue weighted by molar-refractivity contribution is 7.86. The molecule has 1 saturated heterocycles. The Morgan fingerprint density at radius 2 is 1.82 bits per heavy atom. The van der Waals surface area contributed by atoms with Gasteiger partial charge in [-0.2, -0.15) is 0 Å². The van der Waals surface area contributed by atoms with E-state index in [1.807, 2.05) is 12.1 Å². The molecule has 5 rings (SSSR count). The van der Waals surface area contributed by atoms with Gasteiger partial charge in [-0.15, -0.1) is 11.3 Å². The van der Waals surface area contributed by atoms with E-state index in [1.54, 1.807) is 35.9 Å². The maximum Gasteiger partial charge on any atom is 0.158 e. The van der Waals surface area contributed by atoms with Crippen molar-refractivity contribution < 1.29 is 27.6 Å². The fourth-order valence-corrected chi connectivity index (χ4v) is 7.06. The van der Waals surface area contributed by atoms with Crippen LogP contribution >= 0.6 is 11.3 Å². The molecule has 2 aromatic heterocycles. The number of ether oxygens (including phenoxy) is 1. The third-order valence-corrected chi connectivity index (χ3v) is 9.34. The summed E-state index contributed by atoms with van der Waals surface area (Å²) in [7, 11) is 1.16. The molecule has 2 N–H and O–H groups in total. The Hall–Kier alpha value is -3.16. The van der Waals surface area contributed by atoms with Gasteiger partial charge in [0, 0.05) is 31.0 Å². The highest BCUT2D eigenvalue weighted by atomic mass is 32.2. The van der Waals surface area contributed by atoms with Gasteiger partial charge in [-0.25, -0.2) is 22.4 Å². The van der Waals surface area contributed by atoms with Gasteiger partial charge in [0.1, 0.15) is 18.4 Å². The molecule has 1 aliphatic rings. The fraction of sp³-hybridized carbons (Fsp3) is 0.286. The summed E-state index contributed by atoms with van der Waals surface area (Å²) in [5, 5.41) is 0.939. The van der Waals surface area contributed by atoms with Crippen LogP contribution in [-0.2, 0) is 15.7 Å². The number of likely N-dealkylation sites (tertiary alicyclic amines) is 1. The quantitative estimate of drug-likeness (QED) is 0.256. The van der Waals surface area contributed by atoms with E-state index in [1.165, 1.54) is 13.2 Å². The van der Waals surface area contributed by atoms with Crippen LogP contribution in [0, 0.1) is 17.5 Å². The summed E-state index contributed by atoms with van der Waals surface area (Å²) in [5.41, 5.74) is 1.47. The van der Waals surface area contributed by atoms with Gasteiger partial charge in [-0.1, -0.05) is 6.07 Å². The van der Waals surface area contributed by atoms with Gasteiger partial charge in [-0.3, -0.25) is 9.29 Å². The van der Waals surface area contributed by atoms with Crippen LogP contribution in [0.2, 0.25) is 0 Å². The number of piperidine rings is 1. The SMILES string of the molecule is COCN(c1cccc(-c2nc(C3CCN(C)CC3)sc2-c2ccncc2)c1F)S(=O)c1cc(F)ccc1F.O. The first kappa shape index (κ1) is 29.8. The predicted octanol–water partition coefficient (Wildman–Crippen LogP) is 5.41. The van der Waals surface area contributed by atoms with E-state index in [0.29, 0.717) is 5.69 Å². The van der Waals surface area contributed by atoms with E-state index in [-0.39, 0.29) is 29.4 Å². The first-order valence-corrected chi connectivity index (χ1v) is 14.3. The number of rotatable bonds is 8. The number of anilines is 1. The van der Waals surface area contributed by atoms with Gasteiger partial charge in [0.2, 0.25) is 0 Å². The summed E-state index contributed by atoms with van der Waals surface area (Å²) >= 11 is 1.54. The fourth-order valence-electron chi connectivity index (χ4n) is 4.60. The second-order valence-corrected chi connectivity index (χ2v) is 11.7. The lowest BCUT2D eigenvalue weighted by molar-refractivity contribution is 0.210. The van der Waals surface area contributed by atoms with Gasteiger partial charge in [0.05, 0.1) is 26.2 Å². The largest absolute Gasteiger partial charge is 0.412 e. The van der Waals surface area contributed by atoms with E-state index >= 15 is 4.39 Å². The first-order chi connectivity index (χ1) is 18.9. The Balaban J connectivity index is 0.00000370. The zero-order valence-electron chi connectivity index (χ0n) is 21.9. The summed E-state index contributed by atoms with van der Waals surface area (Å²) in [5.74, 6) is -2.04. The van der Waals surface area contributed by atoms with Crippen LogP contribution < -0.4 is 4.31 Å². The van der Waals surface area contributed by atoms with E-state index < -0.39 is 33.3 Å². The maximum atomic E-state index is 16.3. The van der Waals surface area contributed by atoms with E-state index in [2.05, 4.69) is 16.9 Å². The standard InChI is InChI=1S/C28H27F3N4O2S2.H2O/c1-34-14-10-19(11-15-34)28-33-26(27(38-28)18-8-12-32-13-9-18)21-4-3-5-23(25(21)31)35(17-37-2)39(36)24-16-20(29)6-7-22(24)30;/h3-9,12-13,16,19H,10-11,14-15,17H2,1-2H3;1H2. The average molecular weight is 591 g/mol. The number of nitrogens with zero attached hydrogens (tertiary/aromatic N) is 4. The van der Waals surface area contributed by atoms with Gasteiger partial charge < -0.3 is 15.1 Å². The molecule has 1 atom stereocenters. The summed E-state index contributed by atoms with van der Waals surface area (Å²) in [6.07, 6.45) is 5.28. The van der Waals surface area contributed by atoms with Crippen molar-refractivity contribution >= 4 is 28.0 Å². The van der Waals surface area contributed by atoms with E-state index in [4.69, 9.17) is 9.72 Å². The molecule has 4 aromatic rings. The first-order valence-electron chi connectivity index (χ1n) is 12.4. The third kappa shape index (κ3) is 6.11. The second kappa shape index (κ2) is 13.0. The number of halogens is 3. The molecule has 212 valence electrons. The van der Waals surface area contributed by atoms with Crippen LogP contribution in [0.5, 0.6) is 0 Å². The molecule has 2 aromatic carbocycles. The Bertz CT molecular complexity index is 1480. The molecule has 1 unspecified atom stereocenters. The van der Waals surface area contributed by atoms with Crippen LogP contribution in [0.1, 0.15) is 23.8 Å². The van der Waals surface area contributed by atoms with Crippen LogP contribution in [-0.4, -0.2) is 58.5 Å². The molecular formula is C28H29F3N4O3S2. The monoisotopic (exact) mass is 590 g/mol. The number of methoxy groups -OCH3 is 1. The van der Waals surface area contributed by atoms with E-state index in [0.717, 1.165) is 63.9 Å². The molecule has 0 amide bonds. The van der Waals surface area contributed by atoms with Gasteiger partial charge in [0.25, 0.3) is 0 Å². The molecule has 0 spiro atoms. The molecule has 0 radical (unpaired) electrons. The lowest BCUT2D eigenvalue weighted by Gasteiger charge is -2.27. The molecule has 0 aliphatic carbocycles. The topological polar surface area (TPSA) is 90.1 Å².